The standard InChI is InChI=1S/C15H31N3.C2HN3/c1-7-16(8-2)13-14(17(9-3)10-4)15(13)18(11-5)12-6;3-1-5-2-4/h13H,7-12H2,1-6H3;5H. The summed E-state index contributed by atoms with van der Waals surface area (Å²) in [5.74, 6) is 0. The Kier molecular flexibility index (Phi) is 10.7. The lowest BCUT2D eigenvalue weighted by Gasteiger charge is -2.25. The molecule has 0 heterocycles. The van der Waals surface area contributed by atoms with E-state index in [0.717, 1.165) is 39.3 Å². The number of hydrogen-bond acceptors (Lipinski definition) is 6. The number of hydrogen-bond donors (Lipinski definition) is 1. The molecule has 130 valence electrons. The van der Waals surface area contributed by atoms with E-state index in [9.17, 15) is 0 Å². The summed E-state index contributed by atoms with van der Waals surface area (Å²) in [6.45, 7) is 20.3. The van der Waals surface area contributed by atoms with E-state index in [2.05, 4.69) is 56.2 Å². The van der Waals surface area contributed by atoms with Gasteiger partial charge in [-0.3, -0.25) is 4.90 Å². The second-order valence-corrected chi connectivity index (χ2v) is 5.09. The van der Waals surface area contributed by atoms with Crippen molar-refractivity contribution in [1.29, 1.82) is 10.5 Å². The number of rotatable bonds is 9. The van der Waals surface area contributed by atoms with Gasteiger partial charge in [0.25, 0.3) is 0 Å². The van der Waals surface area contributed by atoms with Gasteiger partial charge >= 0.3 is 0 Å². The fourth-order valence-corrected chi connectivity index (χ4v) is 2.95. The minimum Gasteiger partial charge on any atom is -0.372 e. The summed E-state index contributed by atoms with van der Waals surface area (Å²) >= 11 is 0. The molecule has 0 radical (unpaired) electrons. The zero-order valence-corrected chi connectivity index (χ0v) is 15.6. The molecule has 1 aliphatic rings. The van der Waals surface area contributed by atoms with Gasteiger partial charge in [-0.2, -0.15) is 10.5 Å². The van der Waals surface area contributed by atoms with E-state index in [1.807, 2.05) is 0 Å². The Balaban J connectivity index is 0.000000841. The van der Waals surface area contributed by atoms with E-state index in [-0.39, 0.29) is 0 Å². The van der Waals surface area contributed by atoms with E-state index >= 15 is 0 Å². The van der Waals surface area contributed by atoms with E-state index in [1.165, 1.54) is 12.4 Å². The van der Waals surface area contributed by atoms with Crippen molar-refractivity contribution >= 4 is 0 Å². The molecule has 0 spiro atoms. The van der Waals surface area contributed by atoms with Gasteiger partial charge in [0.05, 0.1) is 17.4 Å². The van der Waals surface area contributed by atoms with Gasteiger partial charge in [-0.1, -0.05) is 13.8 Å². The van der Waals surface area contributed by atoms with Crippen LogP contribution in [0.1, 0.15) is 41.5 Å². The third kappa shape index (κ3) is 5.65. The van der Waals surface area contributed by atoms with Gasteiger partial charge < -0.3 is 9.80 Å². The average Bonchev–Trinajstić information content (AvgIpc) is 3.27. The van der Waals surface area contributed by atoms with Crippen LogP contribution in [-0.4, -0.2) is 60.0 Å². The quantitative estimate of drug-likeness (QED) is 0.518. The molecule has 6 heteroatoms. The Morgan fingerprint density at radius 2 is 1.09 bits per heavy atom. The van der Waals surface area contributed by atoms with Gasteiger partial charge in [-0.05, 0) is 40.8 Å². The van der Waals surface area contributed by atoms with Crippen molar-refractivity contribution in [1.82, 2.24) is 20.0 Å². The molecule has 1 rings (SSSR count). The molecule has 6 nitrogen and oxygen atoms in total. The number of likely N-dealkylation sites (N-methyl/N-ethyl adjacent to an activating group) is 3. The molecule has 0 aliphatic heterocycles. The van der Waals surface area contributed by atoms with Crippen LogP contribution in [0.4, 0.5) is 0 Å². The minimum absolute atomic E-state index is 0.583. The van der Waals surface area contributed by atoms with Crippen LogP contribution in [0, 0.1) is 22.9 Å². The fraction of sp³-hybridized carbons (Fsp3) is 0.765. The fourth-order valence-electron chi connectivity index (χ4n) is 2.95. The summed E-state index contributed by atoms with van der Waals surface area (Å²) in [7, 11) is 0. The van der Waals surface area contributed by atoms with Gasteiger partial charge in [0.2, 0.25) is 0 Å². The maximum absolute atomic E-state index is 7.48. The third-order valence-electron chi connectivity index (χ3n) is 4.19. The van der Waals surface area contributed by atoms with E-state index < -0.39 is 0 Å². The second-order valence-electron chi connectivity index (χ2n) is 5.09. The van der Waals surface area contributed by atoms with Gasteiger partial charge in [0.1, 0.15) is 0 Å². The van der Waals surface area contributed by atoms with Crippen molar-refractivity contribution in [3.05, 3.63) is 11.4 Å². The average molecular weight is 320 g/mol. The second kappa shape index (κ2) is 11.6. The van der Waals surface area contributed by atoms with Gasteiger partial charge in [-0.15, -0.1) is 0 Å². The molecule has 0 saturated heterocycles. The Hall–Kier alpha value is -1.92. The van der Waals surface area contributed by atoms with Crippen LogP contribution < -0.4 is 5.32 Å². The molecule has 0 saturated carbocycles. The summed E-state index contributed by atoms with van der Waals surface area (Å²) < 4.78 is 0. The SMILES string of the molecule is CCN(CC)C1=C(N(CC)CC)C1N(CC)CC.N#CNC#N. The molecule has 0 aromatic carbocycles. The van der Waals surface area contributed by atoms with Gasteiger partial charge in [0.15, 0.2) is 12.4 Å². The molecule has 0 amide bonds. The molecule has 0 aromatic rings. The van der Waals surface area contributed by atoms with E-state index in [0.29, 0.717) is 6.04 Å². The highest BCUT2D eigenvalue weighted by Gasteiger charge is 2.45. The van der Waals surface area contributed by atoms with Crippen molar-refractivity contribution in [2.75, 3.05) is 39.3 Å². The van der Waals surface area contributed by atoms with Crippen molar-refractivity contribution in [2.45, 2.75) is 47.6 Å². The Labute approximate surface area is 142 Å². The molecule has 0 bridgehead atoms. The van der Waals surface area contributed by atoms with Crippen LogP contribution in [0.5, 0.6) is 0 Å². The molecule has 0 atom stereocenters. The van der Waals surface area contributed by atoms with Gasteiger partial charge in [0, 0.05) is 26.2 Å². The summed E-state index contributed by atoms with van der Waals surface area (Å²) in [5, 5.41) is 16.7. The predicted octanol–water partition coefficient (Wildman–Crippen LogP) is 2.14. The first-order valence-electron chi connectivity index (χ1n) is 8.62. The highest BCUT2D eigenvalue weighted by molar-refractivity contribution is 5.44. The number of nitrogens with one attached hydrogen (secondary N) is 1. The molecule has 1 N–H and O–H groups in total. The summed E-state index contributed by atoms with van der Waals surface area (Å²) in [6, 6.07) is 0.583. The number of nitrogens with zero attached hydrogens (tertiary/aromatic N) is 5. The maximum atomic E-state index is 7.48. The molecule has 1 aliphatic carbocycles. The number of nitriles is 2. The van der Waals surface area contributed by atoms with Crippen molar-refractivity contribution in [3.8, 4) is 12.4 Å². The molecule has 0 aromatic heterocycles. The van der Waals surface area contributed by atoms with Crippen molar-refractivity contribution in [2.24, 2.45) is 0 Å². The Morgan fingerprint density at radius 3 is 1.26 bits per heavy atom. The summed E-state index contributed by atoms with van der Waals surface area (Å²) in [5.41, 5.74) is 3.15. The minimum atomic E-state index is 0.583. The normalized spacial score (nSPS) is 12.9. The predicted molar refractivity (Wildman–Crippen MR) is 93.9 cm³/mol. The Bertz CT molecular complexity index is 399. The molecular weight excluding hydrogens is 288 g/mol. The zero-order valence-electron chi connectivity index (χ0n) is 15.6. The Morgan fingerprint density at radius 1 is 0.739 bits per heavy atom. The van der Waals surface area contributed by atoms with Crippen LogP contribution in [0.3, 0.4) is 0 Å². The third-order valence-corrected chi connectivity index (χ3v) is 4.19. The van der Waals surface area contributed by atoms with Crippen LogP contribution in [0.2, 0.25) is 0 Å². The molecule has 0 unspecified atom stereocenters. The summed E-state index contributed by atoms with van der Waals surface area (Å²) in [4.78, 5) is 7.62. The molecule has 23 heavy (non-hydrogen) atoms. The lowest BCUT2D eigenvalue weighted by atomic mass is 10.3. The van der Waals surface area contributed by atoms with Crippen LogP contribution in [0.25, 0.3) is 0 Å². The molecular formula is C17H32N6. The van der Waals surface area contributed by atoms with E-state index in [4.69, 9.17) is 10.5 Å². The lowest BCUT2D eigenvalue weighted by molar-refractivity contribution is 0.253. The van der Waals surface area contributed by atoms with Gasteiger partial charge in [-0.25, -0.2) is 5.32 Å². The highest BCUT2D eigenvalue weighted by Crippen LogP contribution is 2.41. The smallest absolute Gasteiger partial charge is 0.190 e. The lowest BCUT2D eigenvalue weighted by Crippen LogP contribution is -2.34. The first-order chi connectivity index (χ1) is 11.1. The molecule has 0 fully saturated rings. The maximum Gasteiger partial charge on any atom is 0.190 e. The first-order valence-corrected chi connectivity index (χ1v) is 8.62. The first kappa shape index (κ1) is 21.1. The van der Waals surface area contributed by atoms with Crippen LogP contribution in [-0.2, 0) is 0 Å². The monoisotopic (exact) mass is 320 g/mol. The van der Waals surface area contributed by atoms with Crippen LogP contribution in [0.15, 0.2) is 11.4 Å². The highest BCUT2D eigenvalue weighted by atomic mass is 15.3. The van der Waals surface area contributed by atoms with Crippen molar-refractivity contribution < 1.29 is 0 Å². The van der Waals surface area contributed by atoms with E-state index in [1.54, 1.807) is 16.7 Å². The summed E-state index contributed by atoms with van der Waals surface area (Å²) in [6.07, 6.45) is 2.81. The van der Waals surface area contributed by atoms with Crippen molar-refractivity contribution in [3.63, 3.8) is 0 Å². The largest absolute Gasteiger partial charge is 0.372 e. The topological polar surface area (TPSA) is 69.3 Å². The zero-order chi connectivity index (χ0) is 17.8. The van der Waals surface area contributed by atoms with Crippen LogP contribution >= 0.6 is 0 Å².